The maximum Gasteiger partial charge on any atom is 0.373 e. The van der Waals surface area contributed by atoms with E-state index in [1.165, 1.54) is 20.1 Å². The zero-order valence-corrected chi connectivity index (χ0v) is 14.6. The maximum absolute atomic E-state index is 11.9. The molecule has 1 amide bonds. The SMILES string of the molecule is CCOC(=O)C1=C[C@H](N)[C@@H](NC(C)=O)[C@H]([C@H](OC)[C@H](O)CO)O1.Cl. The number of halogens is 1. The van der Waals surface area contributed by atoms with Crippen LogP contribution in [0.2, 0.25) is 0 Å². The van der Waals surface area contributed by atoms with Crippen molar-refractivity contribution in [3.8, 4) is 0 Å². The van der Waals surface area contributed by atoms with Crippen LogP contribution in [0, 0.1) is 0 Å². The molecule has 0 saturated carbocycles. The highest BCUT2D eigenvalue weighted by atomic mass is 35.5. The monoisotopic (exact) mass is 368 g/mol. The van der Waals surface area contributed by atoms with Crippen molar-refractivity contribution >= 4 is 24.3 Å². The molecule has 140 valence electrons. The second kappa shape index (κ2) is 10.5. The van der Waals surface area contributed by atoms with E-state index in [0.717, 1.165) is 0 Å². The van der Waals surface area contributed by atoms with E-state index in [-0.39, 0.29) is 30.7 Å². The van der Waals surface area contributed by atoms with Crippen LogP contribution >= 0.6 is 12.4 Å². The van der Waals surface area contributed by atoms with Crippen LogP contribution in [0.5, 0.6) is 0 Å². The number of hydrogen-bond acceptors (Lipinski definition) is 8. The lowest BCUT2D eigenvalue weighted by Crippen LogP contribution is -2.62. The van der Waals surface area contributed by atoms with E-state index in [9.17, 15) is 14.7 Å². The molecule has 0 bridgehead atoms. The predicted octanol–water partition coefficient (Wildman–Crippen LogP) is -1.55. The minimum absolute atomic E-state index is 0. The molecular weight excluding hydrogens is 344 g/mol. The lowest BCUT2D eigenvalue weighted by molar-refractivity contribution is -0.153. The molecule has 9 nitrogen and oxygen atoms in total. The Morgan fingerprint density at radius 2 is 2.12 bits per heavy atom. The lowest BCUT2D eigenvalue weighted by Gasteiger charge is -2.40. The summed E-state index contributed by atoms with van der Waals surface area (Å²) in [5.74, 6) is -1.19. The molecule has 0 saturated heterocycles. The van der Waals surface area contributed by atoms with Crippen molar-refractivity contribution in [2.45, 2.75) is 44.2 Å². The molecular formula is C14H25ClN2O7. The molecule has 0 aromatic heterocycles. The summed E-state index contributed by atoms with van der Waals surface area (Å²) in [6, 6.07) is -1.52. The Morgan fingerprint density at radius 3 is 2.58 bits per heavy atom. The Hall–Kier alpha value is -1.39. The average molecular weight is 369 g/mol. The molecule has 5 N–H and O–H groups in total. The molecule has 0 aromatic carbocycles. The van der Waals surface area contributed by atoms with Gasteiger partial charge in [0.1, 0.15) is 18.3 Å². The number of aliphatic hydroxyl groups is 2. The van der Waals surface area contributed by atoms with Crippen LogP contribution in [0.1, 0.15) is 13.8 Å². The summed E-state index contributed by atoms with van der Waals surface area (Å²) in [6.45, 7) is 2.52. The van der Waals surface area contributed by atoms with Gasteiger partial charge in [-0.2, -0.15) is 0 Å². The molecule has 1 rings (SSSR count). The quantitative estimate of drug-likeness (QED) is 0.396. The van der Waals surface area contributed by atoms with Crippen molar-refractivity contribution in [3.05, 3.63) is 11.8 Å². The summed E-state index contributed by atoms with van der Waals surface area (Å²) in [6.07, 6.45) is -1.94. The molecule has 0 aromatic rings. The second-order valence-electron chi connectivity index (χ2n) is 5.09. The zero-order valence-electron chi connectivity index (χ0n) is 13.8. The van der Waals surface area contributed by atoms with E-state index in [4.69, 9.17) is 25.1 Å². The number of hydrogen-bond donors (Lipinski definition) is 4. The van der Waals surface area contributed by atoms with Crippen LogP contribution in [-0.4, -0.2) is 72.8 Å². The van der Waals surface area contributed by atoms with Crippen LogP contribution in [-0.2, 0) is 23.8 Å². The lowest BCUT2D eigenvalue weighted by atomic mass is 9.92. The summed E-state index contributed by atoms with van der Waals surface area (Å²) < 4.78 is 15.6. The largest absolute Gasteiger partial charge is 0.478 e. The number of esters is 1. The van der Waals surface area contributed by atoms with Crippen molar-refractivity contribution in [2.24, 2.45) is 5.73 Å². The van der Waals surface area contributed by atoms with Gasteiger partial charge in [0.25, 0.3) is 0 Å². The van der Waals surface area contributed by atoms with Crippen LogP contribution in [0.4, 0.5) is 0 Å². The van der Waals surface area contributed by atoms with Gasteiger partial charge >= 0.3 is 5.97 Å². The van der Waals surface area contributed by atoms with Gasteiger partial charge in [0, 0.05) is 14.0 Å². The van der Waals surface area contributed by atoms with Gasteiger partial charge in [-0.15, -0.1) is 12.4 Å². The van der Waals surface area contributed by atoms with Gasteiger partial charge in [0.2, 0.25) is 11.7 Å². The topological polar surface area (TPSA) is 140 Å². The molecule has 1 aliphatic heterocycles. The van der Waals surface area contributed by atoms with Gasteiger partial charge < -0.3 is 35.5 Å². The van der Waals surface area contributed by atoms with E-state index in [1.54, 1.807) is 6.92 Å². The Labute approximate surface area is 146 Å². The minimum Gasteiger partial charge on any atom is -0.478 e. The van der Waals surface area contributed by atoms with Gasteiger partial charge in [-0.3, -0.25) is 4.79 Å². The highest BCUT2D eigenvalue weighted by Crippen LogP contribution is 2.24. The standard InChI is InChI=1S/C14H24N2O7.ClH/c1-4-22-14(20)10-5-8(15)11(16-7(2)18)13(23-10)12(21-3)9(19)6-17;/h5,8-9,11-13,17,19H,4,6,15H2,1-3H3,(H,16,18);1H/t8-,9+,11+,12+,13+;/m0./s1. The number of nitrogens with two attached hydrogens (primary N) is 1. The Morgan fingerprint density at radius 1 is 1.50 bits per heavy atom. The van der Waals surface area contributed by atoms with E-state index < -0.39 is 43.0 Å². The molecule has 1 heterocycles. The summed E-state index contributed by atoms with van der Waals surface area (Å²) in [5, 5.41) is 21.7. The highest BCUT2D eigenvalue weighted by Gasteiger charge is 2.43. The fourth-order valence-electron chi connectivity index (χ4n) is 2.37. The van der Waals surface area contributed by atoms with E-state index in [1.807, 2.05) is 0 Å². The third-order valence-corrected chi connectivity index (χ3v) is 3.38. The average Bonchev–Trinajstić information content (AvgIpc) is 2.50. The summed E-state index contributed by atoms with van der Waals surface area (Å²) in [5.41, 5.74) is 6.00. The van der Waals surface area contributed by atoms with Crippen LogP contribution in [0.25, 0.3) is 0 Å². The number of ether oxygens (including phenoxy) is 3. The van der Waals surface area contributed by atoms with Gasteiger partial charge in [-0.05, 0) is 13.0 Å². The van der Waals surface area contributed by atoms with Crippen molar-refractivity contribution < 1.29 is 34.0 Å². The molecule has 0 spiro atoms. The number of methoxy groups -OCH3 is 1. The molecule has 24 heavy (non-hydrogen) atoms. The molecule has 0 radical (unpaired) electrons. The van der Waals surface area contributed by atoms with E-state index in [0.29, 0.717) is 0 Å². The molecule has 1 aliphatic rings. The second-order valence-corrected chi connectivity index (χ2v) is 5.09. The first-order chi connectivity index (χ1) is 10.8. The number of amides is 1. The third-order valence-electron chi connectivity index (χ3n) is 3.38. The first kappa shape index (κ1) is 22.6. The molecule has 0 aliphatic carbocycles. The van der Waals surface area contributed by atoms with Crippen molar-refractivity contribution in [1.82, 2.24) is 5.32 Å². The molecule has 5 atom stereocenters. The third kappa shape index (κ3) is 5.60. The van der Waals surface area contributed by atoms with Gasteiger partial charge in [0.15, 0.2) is 0 Å². The van der Waals surface area contributed by atoms with Gasteiger partial charge in [-0.25, -0.2) is 4.79 Å². The molecule has 10 heteroatoms. The molecule has 0 fully saturated rings. The first-order valence-electron chi connectivity index (χ1n) is 7.25. The number of carbonyl (C=O) groups is 2. The summed E-state index contributed by atoms with van der Waals surface area (Å²) >= 11 is 0. The van der Waals surface area contributed by atoms with Crippen LogP contribution < -0.4 is 11.1 Å². The molecule has 0 unspecified atom stereocenters. The fourth-order valence-corrected chi connectivity index (χ4v) is 2.37. The van der Waals surface area contributed by atoms with Gasteiger partial charge in [-0.1, -0.05) is 0 Å². The highest BCUT2D eigenvalue weighted by molar-refractivity contribution is 5.86. The van der Waals surface area contributed by atoms with Crippen molar-refractivity contribution in [1.29, 1.82) is 0 Å². The van der Waals surface area contributed by atoms with Crippen LogP contribution in [0.15, 0.2) is 11.8 Å². The Balaban J connectivity index is 0.00000529. The van der Waals surface area contributed by atoms with Crippen molar-refractivity contribution in [3.63, 3.8) is 0 Å². The smallest absolute Gasteiger partial charge is 0.373 e. The number of rotatable bonds is 7. The fraction of sp³-hybridized carbons (Fsp3) is 0.714. The predicted molar refractivity (Wildman–Crippen MR) is 86.3 cm³/mol. The van der Waals surface area contributed by atoms with E-state index in [2.05, 4.69) is 5.32 Å². The number of carbonyl (C=O) groups excluding carboxylic acids is 2. The normalized spacial score (nSPS) is 25.4. The maximum atomic E-state index is 11.9. The van der Waals surface area contributed by atoms with Gasteiger partial charge in [0.05, 0.1) is 25.3 Å². The summed E-state index contributed by atoms with van der Waals surface area (Å²) in [7, 11) is 1.31. The van der Waals surface area contributed by atoms with Crippen molar-refractivity contribution in [2.75, 3.05) is 20.3 Å². The Kier molecular flexibility index (Phi) is 9.86. The zero-order chi connectivity index (χ0) is 17.6. The minimum atomic E-state index is -1.28. The Bertz CT molecular complexity index is 460. The number of aliphatic hydroxyl groups excluding tert-OH is 2. The number of nitrogens with one attached hydrogen (secondary N) is 1. The summed E-state index contributed by atoms with van der Waals surface area (Å²) in [4.78, 5) is 23.2. The van der Waals surface area contributed by atoms with E-state index >= 15 is 0 Å². The first-order valence-corrected chi connectivity index (χ1v) is 7.25. The van der Waals surface area contributed by atoms with Crippen LogP contribution in [0.3, 0.4) is 0 Å².